The second-order valence-corrected chi connectivity index (χ2v) is 5.34. The number of para-hydroxylation sites is 1. The highest BCUT2D eigenvalue weighted by atomic mass is 79.9. The fourth-order valence-corrected chi connectivity index (χ4v) is 2.01. The Bertz CT molecular complexity index is 419. The molecule has 0 aliphatic carbocycles. The Morgan fingerprint density at radius 2 is 2.17 bits per heavy atom. The molecule has 0 aromatic heterocycles. The van der Waals surface area contributed by atoms with E-state index < -0.39 is 0 Å². The fraction of sp³-hybridized carbons (Fsp3) is 0.462. The molecule has 0 heterocycles. The van der Waals surface area contributed by atoms with Gasteiger partial charge in [-0.1, -0.05) is 12.1 Å². The first-order valence-corrected chi connectivity index (χ1v) is 6.57. The average Bonchev–Trinajstić information content (AvgIpc) is 2.27. The lowest BCUT2D eigenvalue weighted by molar-refractivity contribution is -0.130. The van der Waals surface area contributed by atoms with Crippen LogP contribution in [0.2, 0.25) is 0 Å². The van der Waals surface area contributed by atoms with Crippen molar-refractivity contribution in [1.82, 2.24) is 4.90 Å². The van der Waals surface area contributed by atoms with E-state index >= 15 is 0 Å². The van der Waals surface area contributed by atoms with Gasteiger partial charge in [0.2, 0.25) is 0 Å². The molecule has 0 fully saturated rings. The van der Waals surface area contributed by atoms with E-state index in [2.05, 4.69) is 15.9 Å². The first-order chi connectivity index (χ1) is 8.41. The molecule has 2 N–H and O–H groups in total. The highest BCUT2D eigenvalue weighted by molar-refractivity contribution is 9.10. The number of carbonyl (C=O) groups is 1. The van der Waals surface area contributed by atoms with Crippen LogP contribution in [0.1, 0.15) is 12.5 Å². The van der Waals surface area contributed by atoms with Gasteiger partial charge in [-0.05, 0) is 40.9 Å². The standard InChI is InChI=1S/C13H19BrN2O2/c1-9(15)7-10-5-4-6-11(14)13(10)18-8-12(17)16(2)3/h4-6,9H,7-8,15H2,1-3H3. The van der Waals surface area contributed by atoms with E-state index in [9.17, 15) is 4.79 Å². The van der Waals surface area contributed by atoms with Crippen molar-refractivity contribution in [3.63, 3.8) is 0 Å². The molecule has 0 saturated heterocycles. The highest BCUT2D eigenvalue weighted by Crippen LogP contribution is 2.29. The molecule has 5 heteroatoms. The number of nitrogens with two attached hydrogens (primary N) is 1. The van der Waals surface area contributed by atoms with Crippen LogP contribution in [0.25, 0.3) is 0 Å². The first kappa shape index (κ1) is 15.0. The van der Waals surface area contributed by atoms with Crippen molar-refractivity contribution < 1.29 is 9.53 Å². The van der Waals surface area contributed by atoms with Gasteiger partial charge in [0.15, 0.2) is 6.61 Å². The van der Waals surface area contributed by atoms with Gasteiger partial charge in [0.1, 0.15) is 5.75 Å². The van der Waals surface area contributed by atoms with Crippen molar-refractivity contribution in [2.75, 3.05) is 20.7 Å². The zero-order valence-corrected chi connectivity index (χ0v) is 12.5. The van der Waals surface area contributed by atoms with E-state index in [0.717, 1.165) is 10.0 Å². The minimum Gasteiger partial charge on any atom is -0.482 e. The lowest BCUT2D eigenvalue weighted by Gasteiger charge is -2.16. The average molecular weight is 315 g/mol. The summed E-state index contributed by atoms with van der Waals surface area (Å²) in [4.78, 5) is 13.0. The van der Waals surface area contributed by atoms with E-state index in [-0.39, 0.29) is 18.6 Å². The highest BCUT2D eigenvalue weighted by Gasteiger charge is 2.12. The molecule has 1 unspecified atom stereocenters. The van der Waals surface area contributed by atoms with Gasteiger partial charge < -0.3 is 15.4 Å². The summed E-state index contributed by atoms with van der Waals surface area (Å²) in [6, 6.07) is 5.83. The number of ether oxygens (including phenoxy) is 1. The second kappa shape index (κ2) is 6.75. The summed E-state index contributed by atoms with van der Waals surface area (Å²) < 4.78 is 6.44. The Hall–Kier alpha value is -1.07. The number of halogens is 1. The van der Waals surface area contributed by atoms with E-state index in [4.69, 9.17) is 10.5 Å². The molecule has 0 aliphatic rings. The van der Waals surface area contributed by atoms with E-state index in [1.807, 2.05) is 25.1 Å². The van der Waals surface area contributed by atoms with Gasteiger partial charge in [0, 0.05) is 20.1 Å². The number of nitrogens with zero attached hydrogens (tertiary/aromatic N) is 1. The van der Waals surface area contributed by atoms with Crippen molar-refractivity contribution in [1.29, 1.82) is 0 Å². The fourth-order valence-electron chi connectivity index (χ4n) is 1.49. The molecular weight excluding hydrogens is 296 g/mol. The van der Waals surface area contributed by atoms with Crippen molar-refractivity contribution in [3.05, 3.63) is 28.2 Å². The largest absolute Gasteiger partial charge is 0.482 e. The van der Waals surface area contributed by atoms with Gasteiger partial charge in [0.05, 0.1) is 4.47 Å². The third-order valence-corrected chi connectivity index (χ3v) is 3.05. The Morgan fingerprint density at radius 1 is 1.50 bits per heavy atom. The van der Waals surface area contributed by atoms with Crippen LogP contribution in [0.15, 0.2) is 22.7 Å². The van der Waals surface area contributed by atoms with Crippen LogP contribution in [0.4, 0.5) is 0 Å². The molecular formula is C13H19BrN2O2. The summed E-state index contributed by atoms with van der Waals surface area (Å²) in [6.45, 7) is 1.97. The second-order valence-electron chi connectivity index (χ2n) is 4.49. The predicted octanol–water partition coefficient (Wildman–Crippen LogP) is 1.81. The zero-order valence-electron chi connectivity index (χ0n) is 10.9. The number of carbonyl (C=O) groups excluding carboxylic acids is 1. The molecule has 1 aromatic rings. The third-order valence-electron chi connectivity index (χ3n) is 2.43. The topological polar surface area (TPSA) is 55.6 Å². The van der Waals surface area contributed by atoms with Crippen molar-refractivity contribution in [2.45, 2.75) is 19.4 Å². The molecule has 0 radical (unpaired) electrons. The molecule has 4 nitrogen and oxygen atoms in total. The van der Waals surface area contributed by atoms with Crippen LogP contribution in [-0.2, 0) is 11.2 Å². The van der Waals surface area contributed by atoms with Crippen LogP contribution < -0.4 is 10.5 Å². The van der Waals surface area contributed by atoms with Crippen LogP contribution in [-0.4, -0.2) is 37.6 Å². The van der Waals surface area contributed by atoms with Crippen molar-refractivity contribution >= 4 is 21.8 Å². The van der Waals surface area contributed by atoms with Gasteiger partial charge in [-0.25, -0.2) is 0 Å². The lowest BCUT2D eigenvalue weighted by atomic mass is 10.1. The summed E-state index contributed by atoms with van der Waals surface area (Å²) >= 11 is 3.43. The Kier molecular flexibility index (Phi) is 5.62. The minimum atomic E-state index is -0.0718. The molecule has 1 amide bonds. The normalized spacial score (nSPS) is 12.1. The van der Waals surface area contributed by atoms with Gasteiger partial charge in [0.25, 0.3) is 5.91 Å². The lowest BCUT2D eigenvalue weighted by Crippen LogP contribution is -2.28. The van der Waals surface area contributed by atoms with Gasteiger partial charge in [-0.15, -0.1) is 0 Å². The molecule has 1 aromatic carbocycles. The smallest absolute Gasteiger partial charge is 0.259 e. The SMILES string of the molecule is CC(N)Cc1cccc(Br)c1OCC(=O)N(C)C. The summed E-state index contributed by atoms with van der Waals surface area (Å²) in [5.74, 6) is 0.627. The first-order valence-electron chi connectivity index (χ1n) is 5.77. The Labute approximate surface area is 116 Å². The molecule has 0 spiro atoms. The summed E-state index contributed by atoms with van der Waals surface area (Å²) in [5.41, 5.74) is 6.81. The van der Waals surface area contributed by atoms with Crippen LogP contribution in [0, 0.1) is 0 Å². The third kappa shape index (κ3) is 4.31. The zero-order chi connectivity index (χ0) is 13.7. The molecule has 100 valence electrons. The number of hydrogen-bond acceptors (Lipinski definition) is 3. The maximum atomic E-state index is 11.5. The number of hydrogen-bond donors (Lipinski definition) is 1. The summed E-state index contributed by atoms with van der Waals surface area (Å²) in [6.07, 6.45) is 0.713. The number of rotatable bonds is 5. The van der Waals surface area contributed by atoms with Crippen molar-refractivity contribution in [2.24, 2.45) is 5.73 Å². The van der Waals surface area contributed by atoms with Crippen LogP contribution in [0.3, 0.4) is 0 Å². The van der Waals surface area contributed by atoms with E-state index in [1.54, 1.807) is 14.1 Å². The van der Waals surface area contributed by atoms with Crippen molar-refractivity contribution in [3.8, 4) is 5.75 Å². The maximum Gasteiger partial charge on any atom is 0.259 e. The van der Waals surface area contributed by atoms with Gasteiger partial charge in [-0.2, -0.15) is 0 Å². The number of amides is 1. The minimum absolute atomic E-state index is 0.0293. The van der Waals surface area contributed by atoms with E-state index in [0.29, 0.717) is 12.2 Å². The molecule has 1 atom stereocenters. The molecule has 18 heavy (non-hydrogen) atoms. The number of benzene rings is 1. The molecule has 0 aliphatic heterocycles. The molecule has 1 rings (SSSR count). The predicted molar refractivity (Wildman–Crippen MR) is 75.7 cm³/mol. The monoisotopic (exact) mass is 314 g/mol. The summed E-state index contributed by atoms with van der Waals surface area (Å²) in [5, 5.41) is 0. The maximum absolute atomic E-state index is 11.5. The number of likely N-dealkylation sites (N-methyl/N-ethyl adjacent to an activating group) is 1. The Balaban J connectivity index is 2.82. The molecule has 0 bridgehead atoms. The quantitative estimate of drug-likeness (QED) is 0.901. The van der Waals surface area contributed by atoms with Gasteiger partial charge in [-0.3, -0.25) is 4.79 Å². The van der Waals surface area contributed by atoms with Crippen LogP contribution in [0.5, 0.6) is 5.75 Å². The Morgan fingerprint density at radius 3 is 2.72 bits per heavy atom. The molecule has 0 saturated carbocycles. The van der Waals surface area contributed by atoms with Crippen LogP contribution >= 0.6 is 15.9 Å². The summed E-state index contributed by atoms with van der Waals surface area (Å²) in [7, 11) is 3.41. The van der Waals surface area contributed by atoms with E-state index in [1.165, 1.54) is 4.90 Å². The van der Waals surface area contributed by atoms with Gasteiger partial charge >= 0.3 is 0 Å².